The molecule has 1 heterocycles. The monoisotopic (exact) mass is 395 g/mol. The Kier molecular flexibility index (Phi) is 7.93. The molecule has 1 saturated heterocycles. The summed E-state index contributed by atoms with van der Waals surface area (Å²) < 4.78 is 0. The number of carbonyl (C=O) groups excluding carboxylic acids is 2. The quantitative estimate of drug-likeness (QED) is 0.485. The number of hydrogen-bond acceptors (Lipinski definition) is 5. The van der Waals surface area contributed by atoms with Crippen molar-refractivity contribution in [2.24, 2.45) is 11.8 Å². The summed E-state index contributed by atoms with van der Waals surface area (Å²) >= 11 is 0. The summed E-state index contributed by atoms with van der Waals surface area (Å²) in [5.41, 5.74) is -1.35. The van der Waals surface area contributed by atoms with Crippen LogP contribution in [0, 0.1) is 11.8 Å². The number of rotatable bonds is 7. The summed E-state index contributed by atoms with van der Waals surface area (Å²) in [6.45, 7) is 10.2. The minimum atomic E-state index is -1.33. The van der Waals surface area contributed by atoms with Crippen molar-refractivity contribution < 1.29 is 19.6 Å². The zero-order valence-corrected chi connectivity index (χ0v) is 18.0. The van der Waals surface area contributed by atoms with Crippen molar-refractivity contribution in [3.05, 3.63) is 0 Å². The van der Waals surface area contributed by atoms with E-state index in [1.807, 2.05) is 20.8 Å². The van der Waals surface area contributed by atoms with Crippen LogP contribution in [0.5, 0.6) is 0 Å². The molecule has 0 radical (unpaired) electrons. The third-order valence-electron chi connectivity index (χ3n) is 6.03. The number of likely N-dealkylation sites (tertiary alicyclic amines) is 1. The molecule has 1 saturated carbocycles. The van der Waals surface area contributed by atoms with Gasteiger partial charge in [0.15, 0.2) is 0 Å². The van der Waals surface area contributed by atoms with E-state index in [-0.39, 0.29) is 23.7 Å². The summed E-state index contributed by atoms with van der Waals surface area (Å²) in [7, 11) is -1.33. The summed E-state index contributed by atoms with van der Waals surface area (Å²) in [6.07, 6.45) is 5.63. The molecule has 3 atom stereocenters. The van der Waals surface area contributed by atoms with Crippen molar-refractivity contribution in [1.82, 2.24) is 15.5 Å². The number of hydrogen-bond donors (Lipinski definition) is 4. The molecule has 0 aromatic heterocycles. The van der Waals surface area contributed by atoms with Gasteiger partial charge in [0, 0.05) is 24.9 Å². The first-order valence-corrected chi connectivity index (χ1v) is 10.7. The zero-order valence-electron chi connectivity index (χ0n) is 18.0. The van der Waals surface area contributed by atoms with Crippen molar-refractivity contribution in [2.75, 3.05) is 19.6 Å². The van der Waals surface area contributed by atoms with Gasteiger partial charge in [0.2, 0.25) is 11.8 Å². The van der Waals surface area contributed by atoms with Crippen molar-refractivity contribution in [2.45, 2.75) is 83.6 Å². The first-order valence-electron chi connectivity index (χ1n) is 10.7. The summed E-state index contributed by atoms with van der Waals surface area (Å²) in [6, 6.07) is 0. The molecule has 4 N–H and O–H groups in total. The van der Waals surface area contributed by atoms with Gasteiger partial charge in [-0.25, -0.2) is 0 Å². The second-order valence-electron chi connectivity index (χ2n) is 9.77. The molecule has 1 aliphatic carbocycles. The third-order valence-corrected chi connectivity index (χ3v) is 6.03. The van der Waals surface area contributed by atoms with Crippen molar-refractivity contribution in [3.8, 4) is 0 Å². The van der Waals surface area contributed by atoms with E-state index >= 15 is 0 Å². The van der Waals surface area contributed by atoms with Crippen LogP contribution in [0.4, 0.5) is 0 Å². The Morgan fingerprint density at radius 2 is 1.82 bits per heavy atom. The van der Waals surface area contributed by atoms with Gasteiger partial charge in [-0.2, -0.15) is 0 Å². The van der Waals surface area contributed by atoms with Crippen LogP contribution in [0.2, 0.25) is 6.32 Å². The molecular formula is C20H38BN3O4. The van der Waals surface area contributed by atoms with Gasteiger partial charge < -0.3 is 25.6 Å². The molecule has 160 valence electrons. The van der Waals surface area contributed by atoms with E-state index in [4.69, 9.17) is 0 Å². The second kappa shape index (κ2) is 9.59. The highest BCUT2D eigenvalue weighted by Gasteiger charge is 2.51. The molecular weight excluding hydrogens is 357 g/mol. The van der Waals surface area contributed by atoms with Gasteiger partial charge in [0.1, 0.15) is 5.54 Å². The van der Waals surface area contributed by atoms with Crippen LogP contribution in [0.3, 0.4) is 0 Å². The van der Waals surface area contributed by atoms with E-state index in [0.29, 0.717) is 19.2 Å². The molecule has 8 heteroatoms. The molecule has 28 heavy (non-hydrogen) atoms. The van der Waals surface area contributed by atoms with Gasteiger partial charge in [0.25, 0.3) is 0 Å². The van der Waals surface area contributed by atoms with Crippen LogP contribution in [0.15, 0.2) is 0 Å². The van der Waals surface area contributed by atoms with Gasteiger partial charge in [-0.05, 0) is 78.2 Å². The Hall–Kier alpha value is -1.12. The van der Waals surface area contributed by atoms with Gasteiger partial charge >= 0.3 is 7.12 Å². The lowest BCUT2D eigenvalue weighted by Gasteiger charge is -2.48. The number of nitrogens with one attached hydrogen (secondary N) is 2. The fraction of sp³-hybridized carbons (Fsp3) is 0.900. The van der Waals surface area contributed by atoms with E-state index in [1.54, 1.807) is 0 Å². The molecule has 7 nitrogen and oxygen atoms in total. The SMILES string of the molecule is CC(=O)N[C@]1(C(=O)NC(C)(C)C)C[C@H](CCB(O)O)CC[C@H]1CN1CCCC1. The van der Waals surface area contributed by atoms with Crippen LogP contribution in [-0.2, 0) is 9.59 Å². The van der Waals surface area contributed by atoms with E-state index in [2.05, 4.69) is 15.5 Å². The standard InChI is InChI=1S/C20H38BN3O4/c1-15(25)22-20(18(26)23-19(2,3)4)13-16(9-10-21(27)28)7-8-17(20)14-24-11-5-6-12-24/h16-17,27-28H,5-14H2,1-4H3,(H,22,25)(H,23,26)/t16-,17-,20+/m0/s1. The van der Waals surface area contributed by atoms with Gasteiger partial charge in [-0.15, -0.1) is 0 Å². The first kappa shape index (κ1) is 23.2. The third kappa shape index (κ3) is 6.46. The zero-order chi connectivity index (χ0) is 20.9. The molecule has 0 aromatic rings. The van der Waals surface area contributed by atoms with E-state index in [1.165, 1.54) is 19.8 Å². The minimum absolute atomic E-state index is 0.0483. The lowest BCUT2D eigenvalue weighted by Crippen LogP contribution is -2.68. The van der Waals surface area contributed by atoms with Crippen LogP contribution >= 0.6 is 0 Å². The maximum absolute atomic E-state index is 13.5. The van der Waals surface area contributed by atoms with Crippen LogP contribution in [0.1, 0.15) is 66.2 Å². The maximum atomic E-state index is 13.5. The van der Waals surface area contributed by atoms with E-state index in [0.717, 1.165) is 32.5 Å². The molecule has 0 spiro atoms. The molecule has 0 unspecified atom stereocenters. The molecule has 2 fully saturated rings. The van der Waals surface area contributed by atoms with Gasteiger partial charge in [0.05, 0.1) is 0 Å². The van der Waals surface area contributed by atoms with E-state index in [9.17, 15) is 19.6 Å². The molecule has 0 aromatic carbocycles. The smallest absolute Gasteiger partial charge is 0.427 e. The average Bonchev–Trinajstić information content (AvgIpc) is 3.06. The van der Waals surface area contributed by atoms with Crippen LogP contribution in [-0.4, -0.2) is 64.6 Å². The van der Waals surface area contributed by atoms with Crippen molar-refractivity contribution >= 4 is 18.9 Å². The Bertz CT molecular complexity index is 546. The summed E-state index contributed by atoms with van der Waals surface area (Å²) in [5.74, 6) is -0.0895. The Morgan fingerprint density at radius 3 is 2.36 bits per heavy atom. The fourth-order valence-corrected chi connectivity index (χ4v) is 4.82. The molecule has 2 rings (SSSR count). The topological polar surface area (TPSA) is 102 Å². The number of amides is 2. The average molecular weight is 395 g/mol. The Balaban J connectivity index is 2.29. The highest BCUT2D eigenvalue weighted by Crippen LogP contribution is 2.41. The molecule has 2 amide bonds. The summed E-state index contributed by atoms with van der Waals surface area (Å²) in [4.78, 5) is 28.1. The second-order valence-corrected chi connectivity index (χ2v) is 9.77. The van der Waals surface area contributed by atoms with E-state index < -0.39 is 18.2 Å². The van der Waals surface area contributed by atoms with Crippen molar-refractivity contribution in [1.29, 1.82) is 0 Å². The predicted octanol–water partition coefficient (Wildman–Crippen LogP) is 1.15. The highest BCUT2D eigenvalue weighted by atomic mass is 16.4. The van der Waals surface area contributed by atoms with Crippen LogP contribution < -0.4 is 10.6 Å². The highest BCUT2D eigenvalue weighted by molar-refractivity contribution is 6.40. The first-order chi connectivity index (χ1) is 13.0. The lowest BCUT2D eigenvalue weighted by atomic mass is 9.65. The normalized spacial score (nSPS) is 28.8. The Morgan fingerprint density at radius 1 is 1.18 bits per heavy atom. The molecule has 1 aliphatic heterocycles. The fourth-order valence-electron chi connectivity index (χ4n) is 4.82. The number of carbonyl (C=O) groups is 2. The molecule has 0 bridgehead atoms. The lowest BCUT2D eigenvalue weighted by molar-refractivity contribution is -0.140. The van der Waals surface area contributed by atoms with Crippen molar-refractivity contribution in [3.63, 3.8) is 0 Å². The molecule has 2 aliphatic rings. The van der Waals surface area contributed by atoms with Crippen LogP contribution in [0.25, 0.3) is 0 Å². The summed E-state index contributed by atoms with van der Waals surface area (Å²) in [5, 5.41) is 24.7. The Labute approximate surface area is 169 Å². The van der Waals surface area contributed by atoms with Gasteiger partial charge in [-0.1, -0.05) is 6.42 Å². The maximum Gasteiger partial charge on any atom is 0.451 e. The minimum Gasteiger partial charge on any atom is -0.427 e. The largest absolute Gasteiger partial charge is 0.451 e. The predicted molar refractivity (Wildman–Crippen MR) is 111 cm³/mol. The number of nitrogens with zero attached hydrogens (tertiary/aromatic N) is 1. The van der Waals surface area contributed by atoms with Gasteiger partial charge in [-0.3, -0.25) is 9.59 Å².